The molecule has 9 heteroatoms. The maximum absolute atomic E-state index is 12.4. The number of rotatable bonds is 4. The van der Waals surface area contributed by atoms with E-state index < -0.39 is 0 Å². The van der Waals surface area contributed by atoms with Crippen molar-refractivity contribution in [2.45, 2.75) is 12.8 Å². The molecule has 144 valence electrons. The standard InChI is InChI=1S/C19H18ClN5O2S/c1-25-16(22-15-5-3-2-4-14(15)18(25)27)10-11-17(26)23-24-19(28)21-13-8-6-12(20)7-9-13/h2-9H,10-11H2,1H3,(H,23,26)(H2,21,24,28). The molecule has 1 heterocycles. The zero-order valence-electron chi connectivity index (χ0n) is 15.0. The average molecular weight is 416 g/mol. The van der Waals surface area contributed by atoms with Crippen molar-refractivity contribution in [3.8, 4) is 0 Å². The van der Waals surface area contributed by atoms with Crippen molar-refractivity contribution >= 4 is 51.4 Å². The molecule has 0 unspecified atom stereocenters. The van der Waals surface area contributed by atoms with Crippen molar-refractivity contribution in [2.75, 3.05) is 5.32 Å². The Labute approximate surface area is 171 Å². The van der Waals surface area contributed by atoms with E-state index in [0.29, 0.717) is 28.2 Å². The lowest BCUT2D eigenvalue weighted by Gasteiger charge is -2.12. The fourth-order valence-electron chi connectivity index (χ4n) is 2.60. The number of carbonyl (C=O) groups excluding carboxylic acids is 1. The molecule has 0 aliphatic heterocycles. The summed E-state index contributed by atoms with van der Waals surface area (Å²) in [7, 11) is 1.65. The lowest BCUT2D eigenvalue weighted by atomic mass is 10.2. The summed E-state index contributed by atoms with van der Waals surface area (Å²) in [5, 5.41) is 4.34. The minimum Gasteiger partial charge on any atom is -0.331 e. The van der Waals surface area contributed by atoms with Crippen molar-refractivity contribution in [3.05, 3.63) is 69.7 Å². The maximum Gasteiger partial charge on any atom is 0.261 e. The molecule has 7 nitrogen and oxygen atoms in total. The van der Waals surface area contributed by atoms with Crippen molar-refractivity contribution in [1.82, 2.24) is 20.4 Å². The molecule has 0 bridgehead atoms. The van der Waals surface area contributed by atoms with Crippen LogP contribution in [0.1, 0.15) is 12.2 Å². The van der Waals surface area contributed by atoms with Crippen LogP contribution in [0.25, 0.3) is 10.9 Å². The van der Waals surface area contributed by atoms with Crippen LogP contribution in [0.4, 0.5) is 5.69 Å². The number of hydrazine groups is 1. The summed E-state index contributed by atoms with van der Waals surface area (Å²) in [5.74, 6) is 0.267. The van der Waals surface area contributed by atoms with E-state index in [0.717, 1.165) is 5.69 Å². The highest BCUT2D eigenvalue weighted by molar-refractivity contribution is 7.80. The number of anilines is 1. The van der Waals surface area contributed by atoms with Crippen LogP contribution >= 0.6 is 23.8 Å². The molecule has 1 amide bonds. The number of halogens is 1. The van der Waals surface area contributed by atoms with Crippen LogP contribution in [-0.4, -0.2) is 20.6 Å². The minimum absolute atomic E-state index is 0.132. The third kappa shape index (κ3) is 4.85. The molecule has 0 aliphatic carbocycles. The summed E-state index contributed by atoms with van der Waals surface area (Å²) in [6.45, 7) is 0. The zero-order valence-corrected chi connectivity index (χ0v) is 16.6. The van der Waals surface area contributed by atoms with E-state index in [1.54, 1.807) is 49.5 Å². The first kappa shape index (κ1) is 19.8. The number of thiocarbonyl (C=S) groups is 1. The van der Waals surface area contributed by atoms with Crippen LogP contribution in [0.5, 0.6) is 0 Å². The Kier molecular flexibility index (Phi) is 6.23. The van der Waals surface area contributed by atoms with Crippen molar-refractivity contribution in [1.29, 1.82) is 0 Å². The topological polar surface area (TPSA) is 88.1 Å². The Bertz CT molecular complexity index is 1080. The Hall–Kier alpha value is -2.97. The van der Waals surface area contributed by atoms with E-state index >= 15 is 0 Å². The smallest absolute Gasteiger partial charge is 0.261 e. The van der Waals surface area contributed by atoms with E-state index in [-0.39, 0.29) is 23.0 Å². The molecule has 0 fully saturated rings. The van der Waals surface area contributed by atoms with Gasteiger partial charge in [-0.25, -0.2) is 4.98 Å². The van der Waals surface area contributed by atoms with Crippen LogP contribution in [0, 0.1) is 0 Å². The molecule has 3 rings (SSSR count). The maximum atomic E-state index is 12.4. The van der Waals surface area contributed by atoms with Crippen LogP contribution in [0.3, 0.4) is 0 Å². The fourth-order valence-corrected chi connectivity index (χ4v) is 2.89. The second-order valence-corrected chi connectivity index (χ2v) is 6.89. The van der Waals surface area contributed by atoms with Gasteiger partial charge in [-0.2, -0.15) is 0 Å². The van der Waals surface area contributed by atoms with E-state index in [2.05, 4.69) is 21.2 Å². The molecule has 3 aromatic rings. The lowest BCUT2D eigenvalue weighted by molar-refractivity contribution is -0.121. The fraction of sp³-hybridized carbons (Fsp3) is 0.158. The Morgan fingerprint density at radius 2 is 1.86 bits per heavy atom. The third-order valence-electron chi connectivity index (χ3n) is 4.07. The number of carbonyl (C=O) groups is 1. The Morgan fingerprint density at radius 1 is 1.14 bits per heavy atom. The number of nitrogens with zero attached hydrogens (tertiary/aromatic N) is 2. The van der Waals surface area contributed by atoms with Gasteiger partial charge in [0.05, 0.1) is 10.9 Å². The van der Waals surface area contributed by atoms with Gasteiger partial charge in [0.1, 0.15) is 5.82 Å². The highest BCUT2D eigenvalue weighted by atomic mass is 35.5. The molecule has 0 saturated carbocycles. The zero-order chi connectivity index (χ0) is 20.1. The molecular formula is C19H18ClN5O2S. The summed E-state index contributed by atoms with van der Waals surface area (Å²) < 4.78 is 1.47. The largest absolute Gasteiger partial charge is 0.331 e. The van der Waals surface area contributed by atoms with Crippen molar-refractivity contribution in [2.24, 2.45) is 7.05 Å². The summed E-state index contributed by atoms with van der Waals surface area (Å²) in [4.78, 5) is 28.9. The van der Waals surface area contributed by atoms with Gasteiger partial charge in [-0.3, -0.25) is 25.0 Å². The number of benzene rings is 2. The molecule has 0 atom stereocenters. The predicted molar refractivity (Wildman–Crippen MR) is 114 cm³/mol. The molecular weight excluding hydrogens is 398 g/mol. The summed E-state index contributed by atoms with van der Waals surface area (Å²) in [6, 6.07) is 14.1. The number of amides is 1. The van der Waals surface area contributed by atoms with E-state index in [1.165, 1.54) is 4.57 Å². The average Bonchev–Trinajstić information content (AvgIpc) is 2.70. The van der Waals surface area contributed by atoms with Gasteiger partial charge in [-0.15, -0.1) is 0 Å². The number of para-hydroxylation sites is 1. The second kappa shape index (κ2) is 8.81. The summed E-state index contributed by atoms with van der Waals surface area (Å²) in [5.41, 5.74) is 6.39. The highest BCUT2D eigenvalue weighted by Gasteiger charge is 2.10. The van der Waals surface area contributed by atoms with Gasteiger partial charge in [0.15, 0.2) is 5.11 Å². The van der Waals surface area contributed by atoms with Gasteiger partial charge in [0, 0.05) is 30.6 Å². The molecule has 28 heavy (non-hydrogen) atoms. The first-order valence-electron chi connectivity index (χ1n) is 8.50. The van der Waals surface area contributed by atoms with Crippen LogP contribution in [0.15, 0.2) is 53.3 Å². The number of nitrogens with one attached hydrogen (secondary N) is 3. The number of fused-ring (bicyclic) bond motifs is 1. The Balaban J connectivity index is 1.54. The third-order valence-corrected chi connectivity index (χ3v) is 4.53. The normalized spacial score (nSPS) is 10.5. The number of hydrogen-bond donors (Lipinski definition) is 3. The molecule has 0 radical (unpaired) electrons. The molecule has 1 aromatic heterocycles. The molecule has 0 saturated heterocycles. The quantitative estimate of drug-likeness (QED) is 0.448. The lowest BCUT2D eigenvalue weighted by Crippen LogP contribution is -2.43. The van der Waals surface area contributed by atoms with E-state index in [9.17, 15) is 9.59 Å². The first-order chi connectivity index (χ1) is 13.4. The van der Waals surface area contributed by atoms with Crippen molar-refractivity contribution < 1.29 is 4.79 Å². The van der Waals surface area contributed by atoms with Gasteiger partial charge >= 0.3 is 0 Å². The molecule has 0 spiro atoms. The van der Waals surface area contributed by atoms with Gasteiger partial charge in [0.2, 0.25) is 5.91 Å². The predicted octanol–water partition coefficient (Wildman–Crippen LogP) is 2.54. The highest BCUT2D eigenvalue weighted by Crippen LogP contribution is 2.13. The van der Waals surface area contributed by atoms with Gasteiger partial charge in [-0.05, 0) is 48.6 Å². The number of aryl methyl sites for hydroxylation is 1. The Morgan fingerprint density at radius 3 is 2.61 bits per heavy atom. The van der Waals surface area contributed by atoms with Gasteiger partial charge < -0.3 is 5.32 Å². The SMILES string of the molecule is Cn1c(CCC(=O)NNC(=S)Nc2ccc(Cl)cc2)nc2ccccc2c1=O. The monoisotopic (exact) mass is 415 g/mol. The van der Waals surface area contributed by atoms with Gasteiger partial charge in [0.25, 0.3) is 5.56 Å². The summed E-state index contributed by atoms with van der Waals surface area (Å²) >= 11 is 11.0. The number of aromatic nitrogens is 2. The minimum atomic E-state index is -0.275. The van der Waals surface area contributed by atoms with Crippen LogP contribution in [-0.2, 0) is 18.3 Å². The molecule has 2 aromatic carbocycles. The summed E-state index contributed by atoms with van der Waals surface area (Å²) in [6.07, 6.45) is 0.469. The van der Waals surface area contributed by atoms with Crippen LogP contribution in [0.2, 0.25) is 5.02 Å². The molecule has 0 aliphatic rings. The molecule has 3 N–H and O–H groups in total. The van der Waals surface area contributed by atoms with Crippen LogP contribution < -0.4 is 21.7 Å². The van der Waals surface area contributed by atoms with E-state index in [1.807, 2.05) is 6.07 Å². The van der Waals surface area contributed by atoms with Crippen molar-refractivity contribution in [3.63, 3.8) is 0 Å². The second-order valence-electron chi connectivity index (χ2n) is 6.04. The van der Waals surface area contributed by atoms with Gasteiger partial charge in [-0.1, -0.05) is 23.7 Å². The first-order valence-corrected chi connectivity index (χ1v) is 9.29. The number of hydrogen-bond acceptors (Lipinski definition) is 4. The van der Waals surface area contributed by atoms with E-state index in [4.69, 9.17) is 23.8 Å².